The van der Waals surface area contributed by atoms with Crippen LogP contribution in [-0.4, -0.2) is 34.6 Å². The zero-order chi connectivity index (χ0) is 13.7. The van der Waals surface area contributed by atoms with E-state index >= 15 is 0 Å². The van der Waals surface area contributed by atoms with Crippen molar-refractivity contribution in [2.75, 3.05) is 6.54 Å². The summed E-state index contributed by atoms with van der Waals surface area (Å²) in [6.45, 7) is 0.747. The maximum absolute atomic E-state index is 12.0. The molecule has 1 aromatic carbocycles. The first-order valence-corrected chi connectivity index (χ1v) is 6.47. The molecule has 2 amide bonds. The highest BCUT2D eigenvalue weighted by atomic mass is 16.4. The van der Waals surface area contributed by atoms with Crippen LogP contribution in [0.25, 0.3) is 0 Å². The Labute approximate surface area is 112 Å². The van der Waals surface area contributed by atoms with Crippen LogP contribution in [0.15, 0.2) is 30.3 Å². The second-order valence-electron chi connectivity index (χ2n) is 4.72. The van der Waals surface area contributed by atoms with Crippen LogP contribution in [0, 0.1) is 0 Å². The van der Waals surface area contributed by atoms with E-state index in [1.807, 2.05) is 30.3 Å². The third-order valence-electron chi connectivity index (χ3n) is 3.06. The fraction of sp³-hybridized carbons (Fsp3) is 0.429. The van der Waals surface area contributed by atoms with Gasteiger partial charge in [-0.1, -0.05) is 30.3 Å². The van der Waals surface area contributed by atoms with Crippen molar-refractivity contribution >= 4 is 12.0 Å². The molecule has 0 radical (unpaired) electrons. The molecule has 5 heteroatoms. The Bertz CT molecular complexity index is 443. The van der Waals surface area contributed by atoms with E-state index in [0.29, 0.717) is 12.6 Å². The maximum Gasteiger partial charge on any atom is 0.317 e. The number of nitrogens with one attached hydrogen (secondary N) is 1. The smallest absolute Gasteiger partial charge is 0.317 e. The second kappa shape index (κ2) is 6.22. The van der Waals surface area contributed by atoms with Crippen molar-refractivity contribution in [3.05, 3.63) is 35.9 Å². The van der Waals surface area contributed by atoms with Crippen molar-refractivity contribution < 1.29 is 14.7 Å². The number of amides is 2. The van der Waals surface area contributed by atoms with E-state index in [4.69, 9.17) is 5.11 Å². The zero-order valence-electron chi connectivity index (χ0n) is 10.7. The van der Waals surface area contributed by atoms with Gasteiger partial charge in [-0.2, -0.15) is 0 Å². The van der Waals surface area contributed by atoms with Crippen LogP contribution in [0.5, 0.6) is 0 Å². The Morgan fingerprint density at radius 1 is 1.26 bits per heavy atom. The Balaban J connectivity index is 1.89. The van der Waals surface area contributed by atoms with Crippen LogP contribution in [0.3, 0.4) is 0 Å². The molecule has 1 aliphatic rings. The molecule has 0 aromatic heterocycles. The summed E-state index contributed by atoms with van der Waals surface area (Å²) in [5.41, 5.74) is 1.09. The highest BCUT2D eigenvalue weighted by Gasteiger charge is 2.32. The first-order chi connectivity index (χ1) is 9.16. The fourth-order valence-electron chi connectivity index (χ4n) is 1.91. The molecule has 19 heavy (non-hydrogen) atoms. The van der Waals surface area contributed by atoms with Gasteiger partial charge >= 0.3 is 12.0 Å². The van der Waals surface area contributed by atoms with Gasteiger partial charge in [0.05, 0.1) is 6.42 Å². The molecule has 1 saturated carbocycles. The number of carbonyl (C=O) groups excluding carboxylic acids is 1. The van der Waals surface area contributed by atoms with E-state index in [-0.39, 0.29) is 19.0 Å². The van der Waals surface area contributed by atoms with Gasteiger partial charge in [-0.05, 0) is 18.4 Å². The molecule has 0 unspecified atom stereocenters. The molecule has 102 valence electrons. The van der Waals surface area contributed by atoms with Gasteiger partial charge < -0.3 is 15.3 Å². The van der Waals surface area contributed by atoms with Crippen LogP contribution in [0.2, 0.25) is 0 Å². The predicted molar refractivity (Wildman–Crippen MR) is 70.7 cm³/mol. The number of carboxylic acid groups (broad SMARTS) is 1. The minimum Gasteiger partial charge on any atom is -0.481 e. The Hall–Kier alpha value is -2.04. The van der Waals surface area contributed by atoms with Crippen LogP contribution in [0.1, 0.15) is 24.8 Å². The summed E-state index contributed by atoms with van der Waals surface area (Å²) >= 11 is 0. The van der Waals surface area contributed by atoms with Gasteiger partial charge in [-0.3, -0.25) is 4.79 Å². The molecule has 5 nitrogen and oxygen atoms in total. The number of rotatable bonds is 6. The highest BCUT2D eigenvalue weighted by molar-refractivity contribution is 5.76. The maximum atomic E-state index is 12.0. The van der Waals surface area contributed by atoms with E-state index in [0.717, 1.165) is 18.4 Å². The Morgan fingerprint density at radius 2 is 1.95 bits per heavy atom. The molecule has 0 heterocycles. The quantitative estimate of drug-likeness (QED) is 0.821. The molecule has 0 atom stereocenters. The summed E-state index contributed by atoms with van der Waals surface area (Å²) in [6.07, 6.45) is 2.01. The number of benzene rings is 1. The molecule has 2 rings (SSSR count). The van der Waals surface area contributed by atoms with E-state index in [1.165, 1.54) is 0 Å². The first-order valence-electron chi connectivity index (χ1n) is 6.47. The zero-order valence-corrected chi connectivity index (χ0v) is 10.7. The van der Waals surface area contributed by atoms with Crippen molar-refractivity contribution in [1.29, 1.82) is 0 Å². The van der Waals surface area contributed by atoms with Crippen LogP contribution < -0.4 is 5.32 Å². The Morgan fingerprint density at radius 3 is 2.53 bits per heavy atom. The van der Waals surface area contributed by atoms with Crippen molar-refractivity contribution in [2.45, 2.75) is 31.8 Å². The van der Waals surface area contributed by atoms with E-state index in [2.05, 4.69) is 5.32 Å². The van der Waals surface area contributed by atoms with Crippen LogP contribution >= 0.6 is 0 Å². The first kappa shape index (κ1) is 13.4. The van der Waals surface area contributed by atoms with Gasteiger partial charge in [0.15, 0.2) is 0 Å². The van der Waals surface area contributed by atoms with Crippen molar-refractivity contribution in [3.63, 3.8) is 0 Å². The summed E-state index contributed by atoms with van der Waals surface area (Å²) in [6, 6.07) is 9.93. The largest absolute Gasteiger partial charge is 0.481 e. The van der Waals surface area contributed by atoms with Crippen molar-refractivity contribution in [2.24, 2.45) is 0 Å². The van der Waals surface area contributed by atoms with Gasteiger partial charge in [0, 0.05) is 19.1 Å². The molecule has 2 N–H and O–H groups in total. The summed E-state index contributed by atoms with van der Waals surface area (Å²) < 4.78 is 0. The number of hydrogen-bond donors (Lipinski definition) is 2. The topological polar surface area (TPSA) is 69.6 Å². The number of carbonyl (C=O) groups is 2. The summed E-state index contributed by atoms with van der Waals surface area (Å²) in [5, 5.41) is 11.2. The molecule has 1 aromatic rings. The normalized spacial score (nSPS) is 13.9. The molecule has 0 aliphatic heterocycles. The molecule has 1 aliphatic carbocycles. The number of nitrogens with zero attached hydrogens (tertiary/aromatic N) is 1. The molecule has 0 saturated heterocycles. The number of aliphatic carboxylic acids is 1. The number of urea groups is 1. The van der Waals surface area contributed by atoms with Gasteiger partial charge in [0.25, 0.3) is 0 Å². The summed E-state index contributed by atoms with van der Waals surface area (Å²) in [4.78, 5) is 24.2. The third-order valence-corrected chi connectivity index (χ3v) is 3.06. The van der Waals surface area contributed by atoms with E-state index < -0.39 is 5.97 Å². The average Bonchev–Trinajstić information content (AvgIpc) is 3.21. The lowest BCUT2D eigenvalue weighted by molar-refractivity contribution is -0.136. The highest BCUT2D eigenvalue weighted by Crippen LogP contribution is 2.28. The van der Waals surface area contributed by atoms with Crippen LogP contribution in [0.4, 0.5) is 4.79 Å². The monoisotopic (exact) mass is 262 g/mol. The summed E-state index contributed by atoms with van der Waals surface area (Å²) in [5.74, 6) is -0.902. The Kier molecular flexibility index (Phi) is 4.39. The van der Waals surface area contributed by atoms with Gasteiger partial charge in [-0.15, -0.1) is 0 Å². The minimum atomic E-state index is -0.902. The standard InChI is InChI=1S/C14H18N2O3/c17-13(18)8-9-15-14(19)16(12-6-7-12)10-11-4-2-1-3-5-11/h1-5,12H,6-10H2,(H,15,19)(H,17,18). The third kappa shape index (κ3) is 4.28. The second-order valence-corrected chi connectivity index (χ2v) is 4.72. The summed E-state index contributed by atoms with van der Waals surface area (Å²) in [7, 11) is 0. The molecular weight excluding hydrogens is 244 g/mol. The molecule has 0 bridgehead atoms. The average molecular weight is 262 g/mol. The van der Waals surface area contributed by atoms with Crippen molar-refractivity contribution in [3.8, 4) is 0 Å². The van der Waals surface area contributed by atoms with Gasteiger partial charge in [-0.25, -0.2) is 4.79 Å². The number of hydrogen-bond acceptors (Lipinski definition) is 2. The molecular formula is C14H18N2O3. The SMILES string of the molecule is O=C(O)CCNC(=O)N(Cc1ccccc1)C1CC1. The van der Waals surface area contributed by atoms with Gasteiger partial charge in [0.2, 0.25) is 0 Å². The molecule has 1 fully saturated rings. The lowest BCUT2D eigenvalue weighted by Gasteiger charge is -2.22. The lowest BCUT2D eigenvalue weighted by Crippen LogP contribution is -2.41. The molecule has 0 spiro atoms. The lowest BCUT2D eigenvalue weighted by atomic mass is 10.2. The predicted octanol–water partition coefficient (Wildman–Crippen LogP) is 1.84. The van der Waals surface area contributed by atoms with E-state index in [1.54, 1.807) is 4.90 Å². The van der Waals surface area contributed by atoms with Gasteiger partial charge in [0.1, 0.15) is 0 Å². The van der Waals surface area contributed by atoms with Crippen LogP contribution in [-0.2, 0) is 11.3 Å². The fourth-order valence-corrected chi connectivity index (χ4v) is 1.91. The van der Waals surface area contributed by atoms with Crippen molar-refractivity contribution in [1.82, 2.24) is 10.2 Å². The number of carboxylic acids is 1. The minimum absolute atomic E-state index is 0.0460. The van der Waals surface area contributed by atoms with E-state index in [9.17, 15) is 9.59 Å².